The van der Waals surface area contributed by atoms with Gasteiger partial charge in [-0.25, -0.2) is 14.6 Å². The highest BCUT2D eigenvalue weighted by Gasteiger charge is 2.39. The zero-order chi connectivity index (χ0) is 17.6. The third kappa shape index (κ3) is 2.22. The molecule has 11 nitrogen and oxygen atoms in total. The maximum atomic E-state index is 12.0. The molecule has 1 aliphatic heterocycles. The minimum Gasteiger partial charge on any atom is -0.858 e. The second-order valence-corrected chi connectivity index (χ2v) is 4.83. The first kappa shape index (κ1) is 16.1. The van der Waals surface area contributed by atoms with Crippen LogP contribution in [0.5, 0.6) is 5.88 Å². The van der Waals surface area contributed by atoms with E-state index in [2.05, 4.69) is 4.99 Å². The van der Waals surface area contributed by atoms with Gasteiger partial charge < -0.3 is 9.67 Å². The zero-order valence-electron chi connectivity index (χ0n) is 12.7. The summed E-state index contributed by atoms with van der Waals surface area (Å²) < 4.78 is 1.24. The van der Waals surface area contributed by atoms with Gasteiger partial charge in [-0.2, -0.15) is 0 Å². The van der Waals surface area contributed by atoms with Gasteiger partial charge in [-0.15, -0.1) is 0 Å². The third-order valence-corrected chi connectivity index (χ3v) is 3.40. The number of carbonyl (C=O) groups is 3. The highest BCUT2D eigenvalue weighted by molar-refractivity contribution is 6.68. The van der Waals surface area contributed by atoms with Crippen molar-refractivity contribution in [2.45, 2.75) is 0 Å². The number of hydrogen-bond acceptors (Lipinski definition) is 7. The summed E-state index contributed by atoms with van der Waals surface area (Å²) in [5.74, 6) is -3.14. The summed E-state index contributed by atoms with van der Waals surface area (Å²) in [6.07, 6.45) is 0. The summed E-state index contributed by atoms with van der Waals surface area (Å²) in [7, 11) is 4.50. The summed E-state index contributed by atoms with van der Waals surface area (Å²) in [6, 6.07) is -0.866. The van der Waals surface area contributed by atoms with Gasteiger partial charge in [-0.1, -0.05) is 0 Å². The fourth-order valence-corrected chi connectivity index (χ4v) is 1.92. The van der Waals surface area contributed by atoms with Gasteiger partial charge in [0.25, 0.3) is 17.4 Å². The molecular weight excluding hydrogens is 310 g/mol. The van der Waals surface area contributed by atoms with Crippen molar-refractivity contribution >= 4 is 29.2 Å². The highest BCUT2D eigenvalue weighted by Crippen LogP contribution is 2.18. The van der Waals surface area contributed by atoms with Crippen LogP contribution in [0.4, 0.5) is 10.5 Å². The first-order chi connectivity index (χ1) is 10.6. The molecule has 0 saturated carbocycles. The van der Waals surface area contributed by atoms with E-state index >= 15 is 0 Å². The summed E-state index contributed by atoms with van der Waals surface area (Å²) in [4.78, 5) is 64.0. The predicted molar refractivity (Wildman–Crippen MR) is 74.4 cm³/mol. The lowest BCUT2D eigenvalue weighted by molar-refractivity contribution is -0.278. The van der Waals surface area contributed by atoms with Gasteiger partial charge >= 0.3 is 11.7 Å². The molecular formula is C12H12N5O6-. The maximum Gasteiger partial charge on any atom is 0.333 e. The summed E-state index contributed by atoms with van der Waals surface area (Å²) in [5.41, 5.74) is -3.44. The summed E-state index contributed by atoms with van der Waals surface area (Å²) >= 11 is 0. The molecule has 1 aromatic rings. The van der Waals surface area contributed by atoms with Crippen molar-refractivity contribution in [1.82, 2.24) is 18.9 Å². The van der Waals surface area contributed by atoms with Gasteiger partial charge in [-0.05, 0) is 5.88 Å². The molecule has 0 aliphatic carbocycles. The van der Waals surface area contributed by atoms with E-state index in [9.17, 15) is 29.1 Å². The number of aliphatic imine (C=N–C) groups is 1. The molecule has 0 spiro atoms. The van der Waals surface area contributed by atoms with Crippen LogP contribution in [-0.2, 0) is 23.7 Å². The Kier molecular flexibility index (Phi) is 3.64. The molecule has 1 fully saturated rings. The fraction of sp³-hybridized carbons (Fsp3) is 0.333. The van der Waals surface area contributed by atoms with Crippen LogP contribution in [0, 0.1) is 0 Å². The number of amides is 4. The third-order valence-electron chi connectivity index (χ3n) is 3.40. The van der Waals surface area contributed by atoms with Crippen molar-refractivity contribution in [1.29, 1.82) is 0 Å². The van der Waals surface area contributed by atoms with E-state index in [4.69, 9.17) is 0 Å². The number of imide groups is 2. The van der Waals surface area contributed by atoms with Crippen molar-refractivity contribution in [3.63, 3.8) is 0 Å². The van der Waals surface area contributed by atoms with Crippen molar-refractivity contribution in [3.8, 4) is 5.88 Å². The molecule has 1 aliphatic rings. The Morgan fingerprint density at radius 1 is 0.826 bits per heavy atom. The van der Waals surface area contributed by atoms with E-state index in [0.29, 0.717) is 18.9 Å². The molecule has 1 aromatic heterocycles. The van der Waals surface area contributed by atoms with Crippen LogP contribution < -0.4 is 16.4 Å². The molecule has 2 heterocycles. The molecule has 0 N–H and O–H groups in total. The van der Waals surface area contributed by atoms with E-state index in [1.165, 1.54) is 0 Å². The van der Waals surface area contributed by atoms with Crippen molar-refractivity contribution in [2.75, 3.05) is 14.1 Å². The lowest BCUT2D eigenvalue weighted by Gasteiger charge is -2.28. The summed E-state index contributed by atoms with van der Waals surface area (Å²) in [6.45, 7) is 0. The number of barbiturate groups is 1. The molecule has 23 heavy (non-hydrogen) atoms. The number of aromatic nitrogens is 2. The minimum absolute atomic E-state index is 0.622. The minimum atomic E-state index is -1.05. The zero-order valence-corrected chi connectivity index (χ0v) is 12.7. The van der Waals surface area contributed by atoms with Crippen LogP contribution in [0.2, 0.25) is 0 Å². The van der Waals surface area contributed by atoms with Gasteiger partial charge in [0, 0.05) is 28.2 Å². The molecule has 0 aromatic carbocycles. The van der Waals surface area contributed by atoms with Gasteiger partial charge in [-0.3, -0.25) is 28.8 Å². The van der Waals surface area contributed by atoms with E-state index in [-0.39, 0.29) is 0 Å². The van der Waals surface area contributed by atoms with Crippen LogP contribution >= 0.6 is 0 Å². The number of urea groups is 1. The Bertz CT molecular complexity index is 866. The first-order valence-electron chi connectivity index (χ1n) is 6.25. The van der Waals surface area contributed by atoms with Crippen molar-refractivity contribution in [3.05, 3.63) is 20.8 Å². The SMILES string of the molecule is CN1C(=O)C(=Nc2c([O-])n(C)c(=O)n(C)c2=O)C(=O)N(C)C1=O. The average Bonchev–Trinajstić information content (AvgIpc) is 2.54. The van der Waals surface area contributed by atoms with Gasteiger partial charge in [0.05, 0.1) is 0 Å². The fourth-order valence-electron chi connectivity index (χ4n) is 1.92. The molecule has 0 unspecified atom stereocenters. The lowest BCUT2D eigenvalue weighted by Crippen LogP contribution is -2.57. The molecule has 0 radical (unpaired) electrons. The van der Waals surface area contributed by atoms with Crippen molar-refractivity contribution in [2.24, 2.45) is 19.1 Å². The molecule has 2 rings (SSSR count). The molecule has 4 amide bonds. The van der Waals surface area contributed by atoms with Gasteiger partial charge in [0.2, 0.25) is 0 Å². The number of rotatable bonds is 1. The standard InChI is InChI=1S/C12H13N5O6/c1-14-7(18)5(8(19)15(2)11(14)22)13-6-9(20)16(3)12(23)17(4)10(6)21/h18H,1-4H3/p-1. The monoisotopic (exact) mass is 322 g/mol. The topological polar surface area (TPSA) is 137 Å². The summed E-state index contributed by atoms with van der Waals surface area (Å²) in [5, 5.41) is 12.0. The molecule has 11 heteroatoms. The number of carbonyl (C=O) groups excluding carboxylic acids is 3. The van der Waals surface area contributed by atoms with Crippen LogP contribution in [0.3, 0.4) is 0 Å². The predicted octanol–water partition coefficient (Wildman–Crippen LogP) is -2.72. The lowest BCUT2D eigenvalue weighted by atomic mass is 10.2. The Morgan fingerprint density at radius 2 is 1.30 bits per heavy atom. The van der Waals surface area contributed by atoms with E-state index in [1.807, 2.05) is 0 Å². The molecule has 122 valence electrons. The van der Waals surface area contributed by atoms with Crippen LogP contribution in [0.1, 0.15) is 0 Å². The smallest absolute Gasteiger partial charge is 0.333 e. The maximum absolute atomic E-state index is 12.0. The van der Waals surface area contributed by atoms with Gasteiger partial charge in [0.15, 0.2) is 5.71 Å². The molecule has 1 saturated heterocycles. The molecule has 0 atom stereocenters. The highest BCUT2D eigenvalue weighted by atomic mass is 16.3. The van der Waals surface area contributed by atoms with E-state index in [0.717, 1.165) is 28.2 Å². The first-order valence-corrected chi connectivity index (χ1v) is 6.25. The van der Waals surface area contributed by atoms with Crippen LogP contribution in [0.25, 0.3) is 0 Å². The Morgan fingerprint density at radius 3 is 1.78 bits per heavy atom. The van der Waals surface area contributed by atoms with E-state index < -0.39 is 46.4 Å². The Hall–Kier alpha value is -3.24. The van der Waals surface area contributed by atoms with Crippen LogP contribution in [-0.4, -0.2) is 56.6 Å². The largest absolute Gasteiger partial charge is 0.858 e. The van der Waals surface area contributed by atoms with Crippen LogP contribution in [0.15, 0.2) is 14.6 Å². The number of nitrogens with zero attached hydrogens (tertiary/aromatic N) is 5. The quantitative estimate of drug-likeness (QED) is 0.551. The second kappa shape index (κ2) is 5.19. The Labute approximate surface area is 128 Å². The Balaban J connectivity index is 2.75. The number of hydrogen-bond donors (Lipinski definition) is 0. The average molecular weight is 322 g/mol. The van der Waals surface area contributed by atoms with Crippen molar-refractivity contribution < 1.29 is 19.5 Å². The second-order valence-electron chi connectivity index (χ2n) is 4.83. The molecule has 0 bridgehead atoms. The normalized spacial score (nSPS) is 15.5. The van der Waals surface area contributed by atoms with Gasteiger partial charge in [0.1, 0.15) is 5.69 Å². The van der Waals surface area contributed by atoms with E-state index in [1.54, 1.807) is 0 Å².